The molecule has 0 aliphatic heterocycles. The Hall–Kier alpha value is -2.53. The number of aryl methyl sites for hydroxylation is 2. The number of aromatic amines is 1. The van der Waals surface area contributed by atoms with Gasteiger partial charge in [-0.05, 0) is 49.2 Å². The van der Waals surface area contributed by atoms with Crippen LogP contribution in [0.15, 0.2) is 41.2 Å². The van der Waals surface area contributed by atoms with Crippen molar-refractivity contribution in [3.05, 3.63) is 68.6 Å². The predicted octanol–water partition coefficient (Wildman–Crippen LogP) is 3.26. The quantitative estimate of drug-likeness (QED) is 0.774. The highest BCUT2D eigenvalue weighted by Crippen LogP contribution is 2.22. The molecule has 23 heavy (non-hydrogen) atoms. The summed E-state index contributed by atoms with van der Waals surface area (Å²) in [4.78, 5) is 14.8. The van der Waals surface area contributed by atoms with Gasteiger partial charge < -0.3 is 5.11 Å². The molecule has 3 rings (SSSR count). The molecule has 1 aromatic heterocycles. The van der Waals surface area contributed by atoms with Gasteiger partial charge in [-0.3, -0.25) is 4.98 Å². The van der Waals surface area contributed by atoms with E-state index in [4.69, 9.17) is 11.6 Å². The maximum absolute atomic E-state index is 12.1. The first-order chi connectivity index (χ1) is 10.9. The minimum atomic E-state index is -0.336. The number of hydrogen-bond donors (Lipinski definition) is 2. The van der Waals surface area contributed by atoms with Crippen molar-refractivity contribution in [1.82, 2.24) is 14.8 Å². The fourth-order valence-corrected chi connectivity index (χ4v) is 2.52. The van der Waals surface area contributed by atoms with Crippen molar-refractivity contribution in [2.75, 3.05) is 0 Å². The average Bonchev–Trinajstić information content (AvgIpc) is 2.87. The van der Waals surface area contributed by atoms with Crippen molar-refractivity contribution in [2.24, 2.45) is 0 Å². The number of halogens is 1. The van der Waals surface area contributed by atoms with Crippen molar-refractivity contribution < 1.29 is 5.11 Å². The highest BCUT2D eigenvalue weighted by molar-refractivity contribution is 6.30. The lowest BCUT2D eigenvalue weighted by atomic mass is 10.1. The Morgan fingerprint density at radius 2 is 1.96 bits per heavy atom. The van der Waals surface area contributed by atoms with Crippen molar-refractivity contribution in [1.29, 1.82) is 0 Å². The van der Waals surface area contributed by atoms with E-state index in [1.807, 2.05) is 32.0 Å². The summed E-state index contributed by atoms with van der Waals surface area (Å²) < 4.78 is 1.27. The maximum Gasteiger partial charge on any atom is 0.343 e. The first-order valence-electron chi connectivity index (χ1n) is 7.16. The zero-order valence-corrected chi connectivity index (χ0v) is 13.6. The minimum Gasteiger partial charge on any atom is -0.508 e. The Morgan fingerprint density at radius 3 is 2.70 bits per heavy atom. The number of aromatic nitrogens is 3. The standard InChI is InChI=1S/C17H16ClN3O2/c1-10-3-4-12(7-11(10)2)16-19-17(23)21(20-16)9-13-8-14(18)5-6-15(13)22/h3-8,22H,9H2,1-2H3,(H,19,20,23). The van der Waals surface area contributed by atoms with Crippen LogP contribution in [0.3, 0.4) is 0 Å². The Morgan fingerprint density at radius 1 is 1.17 bits per heavy atom. The monoisotopic (exact) mass is 329 g/mol. The van der Waals surface area contributed by atoms with Gasteiger partial charge in [-0.15, -0.1) is 5.10 Å². The second-order valence-electron chi connectivity index (χ2n) is 5.51. The summed E-state index contributed by atoms with van der Waals surface area (Å²) in [5.74, 6) is 0.580. The van der Waals surface area contributed by atoms with Gasteiger partial charge in [0.25, 0.3) is 0 Å². The third-order valence-corrected chi connectivity index (χ3v) is 4.06. The third kappa shape index (κ3) is 3.14. The van der Waals surface area contributed by atoms with Crippen LogP contribution >= 0.6 is 11.6 Å². The second kappa shape index (κ2) is 5.93. The molecule has 0 amide bonds. The Kier molecular flexibility index (Phi) is 3.96. The third-order valence-electron chi connectivity index (χ3n) is 3.82. The molecule has 1 heterocycles. The first-order valence-corrected chi connectivity index (χ1v) is 7.54. The molecule has 0 bridgehead atoms. The molecule has 6 heteroatoms. The summed E-state index contributed by atoms with van der Waals surface area (Å²) in [6.45, 7) is 4.19. The Labute approximate surface area is 138 Å². The van der Waals surface area contributed by atoms with Gasteiger partial charge in [0.1, 0.15) is 5.75 Å². The molecule has 0 radical (unpaired) electrons. The molecule has 0 unspecified atom stereocenters. The van der Waals surface area contributed by atoms with E-state index >= 15 is 0 Å². The van der Waals surface area contributed by atoms with Crippen molar-refractivity contribution in [2.45, 2.75) is 20.4 Å². The number of nitrogens with zero attached hydrogens (tertiary/aromatic N) is 2. The summed E-state index contributed by atoms with van der Waals surface area (Å²) >= 11 is 5.93. The predicted molar refractivity (Wildman–Crippen MR) is 90.0 cm³/mol. The maximum atomic E-state index is 12.1. The van der Waals surface area contributed by atoms with Crippen molar-refractivity contribution >= 4 is 11.6 Å². The average molecular weight is 330 g/mol. The van der Waals surface area contributed by atoms with E-state index < -0.39 is 0 Å². The summed E-state index contributed by atoms with van der Waals surface area (Å²) in [6.07, 6.45) is 0. The number of phenols is 1. The van der Waals surface area contributed by atoms with E-state index in [0.29, 0.717) is 16.4 Å². The number of rotatable bonds is 3. The molecule has 0 fully saturated rings. The number of phenolic OH excluding ortho intramolecular Hbond substituents is 1. The molecule has 0 aliphatic rings. The molecule has 0 spiro atoms. The fourth-order valence-electron chi connectivity index (χ4n) is 2.32. The summed E-state index contributed by atoms with van der Waals surface area (Å²) in [5.41, 5.74) is 3.36. The number of benzene rings is 2. The summed E-state index contributed by atoms with van der Waals surface area (Å²) in [5, 5.41) is 14.7. The summed E-state index contributed by atoms with van der Waals surface area (Å²) in [6, 6.07) is 10.6. The SMILES string of the molecule is Cc1ccc(-c2nn(Cc3cc(Cl)ccc3O)c(=O)[nH]2)cc1C. The van der Waals surface area contributed by atoms with Gasteiger partial charge in [0, 0.05) is 16.1 Å². The van der Waals surface area contributed by atoms with E-state index in [2.05, 4.69) is 10.1 Å². The molecular formula is C17H16ClN3O2. The lowest BCUT2D eigenvalue weighted by molar-refractivity contribution is 0.463. The van der Waals surface area contributed by atoms with E-state index in [9.17, 15) is 9.90 Å². The van der Waals surface area contributed by atoms with Gasteiger partial charge in [-0.1, -0.05) is 23.7 Å². The van der Waals surface area contributed by atoms with E-state index in [0.717, 1.165) is 11.1 Å². The van der Waals surface area contributed by atoms with Gasteiger partial charge in [0.15, 0.2) is 5.82 Å². The number of aromatic hydroxyl groups is 1. The van der Waals surface area contributed by atoms with Crippen LogP contribution in [0.25, 0.3) is 11.4 Å². The smallest absolute Gasteiger partial charge is 0.343 e. The topological polar surface area (TPSA) is 70.9 Å². The molecular weight excluding hydrogens is 314 g/mol. The molecule has 2 N–H and O–H groups in total. The first kappa shape index (κ1) is 15.4. The molecule has 118 valence electrons. The zero-order valence-electron chi connectivity index (χ0n) is 12.8. The van der Waals surface area contributed by atoms with Crippen LogP contribution in [-0.4, -0.2) is 19.9 Å². The summed E-state index contributed by atoms with van der Waals surface area (Å²) in [7, 11) is 0. The zero-order chi connectivity index (χ0) is 16.6. The normalized spacial score (nSPS) is 10.9. The van der Waals surface area contributed by atoms with Crippen LogP contribution in [0, 0.1) is 13.8 Å². The number of nitrogens with one attached hydrogen (secondary N) is 1. The van der Waals surface area contributed by atoms with Crippen LogP contribution < -0.4 is 5.69 Å². The van der Waals surface area contributed by atoms with Crippen LogP contribution in [0.2, 0.25) is 5.02 Å². The van der Waals surface area contributed by atoms with Crippen LogP contribution in [0.5, 0.6) is 5.75 Å². The second-order valence-corrected chi connectivity index (χ2v) is 5.94. The Balaban J connectivity index is 1.96. The largest absolute Gasteiger partial charge is 0.508 e. The van der Waals surface area contributed by atoms with Gasteiger partial charge in [-0.2, -0.15) is 0 Å². The van der Waals surface area contributed by atoms with Gasteiger partial charge in [0.05, 0.1) is 6.54 Å². The number of H-pyrrole nitrogens is 1. The van der Waals surface area contributed by atoms with Crippen molar-refractivity contribution in [3.8, 4) is 17.1 Å². The highest BCUT2D eigenvalue weighted by atomic mass is 35.5. The van der Waals surface area contributed by atoms with E-state index in [1.54, 1.807) is 12.1 Å². The van der Waals surface area contributed by atoms with Crippen LogP contribution in [0.4, 0.5) is 0 Å². The van der Waals surface area contributed by atoms with Crippen LogP contribution in [-0.2, 0) is 6.54 Å². The molecule has 0 saturated carbocycles. The highest BCUT2D eigenvalue weighted by Gasteiger charge is 2.11. The van der Waals surface area contributed by atoms with Gasteiger partial charge in [-0.25, -0.2) is 9.48 Å². The fraction of sp³-hybridized carbons (Fsp3) is 0.176. The molecule has 2 aromatic carbocycles. The minimum absolute atomic E-state index is 0.0806. The molecule has 0 atom stereocenters. The van der Waals surface area contributed by atoms with E-state index in [1.165, 1.54) is 16.3 Å². The molecule has 0 saturated heterocycles. The van der Waals surface area contributed by atoms with Gasteiger partial charge in [0.2, 0.25) is 0 Å². The lowest BCUT2D eigenvalue weighted by Gasteiger charge is -2.04. The van der Waals surface area contributed by atoms with E-state index in [-0.39, 0.29) is 18.0 Å². The van der Waals surface area contributed by atoms with Gasteiger partial charge >= 0.3 is 5.69 Å². The number of hydrogen-bond acceptors (Lipinski definition) is 3. The molecule has 3 aromatic rings. The Bertz CT molecular complexity index is 928. The van der Waals surface area contributed by atoms with Crippen LogP contribution in [0.1, 0.15) is 16.7 Å². The molecule has 5 nitrogen and oxygen atoms in total. The van der Waals surface area contributed by atoms with Crippen molar-refractivity contribution in [3.63, 3.8) is 0 Å². The lowest BCUT2D eigenvalue weighted by Crippen LogP contribution is -2.18. The molecule has 0 aliphatic carbocycles.